The van der Waals surface area contributed by atoms with Crippen LogP contribution in [0.15, 0.2) is 30.9 Å². The van der Waals surface area contributed by atoms with Crippen molar-refractivity contribution in [1.82, 2.24) is 24.5 Å². The molecule has 0 amide bonds. The number of rotatable bonds is 4. The molecular formula is C14H21N5. The number of nitrogens with zero attached hydrogens (tertiary/aromatic N) is 5. The second-order valence-corrected chi connectivity index (χ2v) is 5.37. The predicted molar refractivity (Wildman–Crippen MR) is 73.5 cm³/mol. The van der Waals surface area contributed by atoms with Crippen molar-refractivity contribution in [2.75, 3.05) is 6.54 Å². The minimum atomic E-state index is 0.592. The van der Waals surface area contributed by atoms with Crippen LogP contribution in [-0.4, -0.2) is 37.0 Å². The molecule has 3 rings (SSSR count). The molecule has 2 aromatic rings. The van der Waals surface area contributed by atoms with Crippen molar-refractivity contribution in [2.24, 2.45) is 7.05 Å². The van der Waals surface area contributed by atoms with Crippen molar-refractivity contribution in [3.63, 3.8) is 0 Å². The molecule has 1 fully saturated rings. The standard InChI is InChI=1S/C14H21N5/c1-17-10-13(9-16-17)11-18-7-3-2-5-14(18)12-19-8-4-6-15-19/h4,6,8-10,14H,2-3,5,7,11-12H2,1H3/t14-/m1/s1. The van der Waals surface area contributed by atoms with E-state index in [2.05, 4.69) is 27.5 Å². The smallest absolute Gasteiger partial charge is 0.0565 e. The third kappa shape index (κ3) is 3.04. The Labute approximate surface area is 113 Å². The van der Waals surface area contributed by atoms with Crippen LogP contribution in [0.5, 0.6) is 0 Å². The molecule has 0 aromatic carbocycles. The number of aryl methyl sites for hydroxylation is 1. The normalized spacial score (nSPS) is 20.8. The molecule has 0 saturated carbocycles. The fourth-order valence-electron chi connectivity index (χ4n) is 2.89. The third-order valence-electron chi connectivity index (χ3n) is 3.85. The molecular weight excluding hydrogens is 238 g/mol. The molecule has 5 nitrogen and oxygen atoms in total. The van der Waals surface area contributed by atoms with E-state index in [1.54, 1.807) is 0 Å². The summed E-state index contributed by atoms with van der Waals surface area (Å²) in [6.07, 6.45) is 11.9. The average molecular weight is 259 g/mol. The maximum absolute atomic E-state index is 4.33. The van der Waals surface area contributed by atoms with E-state index < -0.39 is 0 Å². The summed E-state index contributed by atoms with van der Waals surface area (Å²) in [4.78, 5) is 2.57. The van der Waals surface area contributed by atoms with Crippen LogP contribution in [0.25, 0.3) is 0 Å². The minimum Gasteiger partial charge on any atom is -0.294 e. The summed E-state index contributed by atoms with van der Waals surface area (Å²) in [5.74, 6) is 0. The Bertz CT molecular complexity index is 502. The minimum absolute atomic E-state index is 0.592. The molecule has 0 aliphatic carbocycles. The highest BCUT2D eigenvalue weighted by molar-refractivity contribution is 5.04. The summed E-state index contributed by atoms with van der Waals surface area (Å²) in [7, 11) is 1.97. The highest BCUT2D eigenvalue weighted by Gasteiger charge is 2.23. The van der Waals surface area contributed by atoms with Gasteiger partial charge in [0.15, 0.2) is 0 Å². The third-order valence-corrected chi connectivity index (χ3v) is 3.85. The highest BCUT2D eigenvalue weighted by atomic mass is 15.3. The van der Waals surface area contributed by atoms with Gasteiger partial charge in [0, 0.05) is 43.8 Å². The van der Waals surface area contributed by atoms with Crippen LogP contribution in [0.2, 0.25) is 0 Å². The summed E-state index contributed by atoms with van der Waals surface area (Å²) in [6.45, 7) is 3.17. The Morgan fingerprint density at radius 2 is 2.26 bits per heavy atom. The van der Waals surface area contributed by atoms with Crippen LogP contribution in [0.3, 0.4) is 0 Å². The van der Waals surface area contributed by atoms with Crippen LogP contribution < -0.4 is 0 Å². The van der Waals surface area contributed by atoms with Crippen LogP contribution in [0, 0.1) is 0 Å². The quantitative estimate of drug-likeness (QED) is 0.838. The van der Waals surface area contributed by atoms with Crippen molar-refractivity contribution in [1.29, 1.82) is 0 Å². The van der Waals surface area contributed by atoms with Gasteiger partial charge in [0.25, 0.3) is 0 Å². The largest absolute Gasteiger partial charge is 0.294 e. The molecule has 0 spiro atoms. The molecule has 0 N–H and O–H groups in total. The number of piperidine rings is 1. The summed E-state index contributed by atoms with van der Waals surface area (Å²) in [6, 6.07) is 2.59. The van der Waals surface area contributed by atoms with E-state index in [4.69, 9.17) is 0 Å². The molecule has 3 heterocycles. The van der Waals surface area contributed by atoms with Gasteiger partial charge < -0.3 is 0 Å². The first-order valence-electron chi connectivity index (χ1n) is 7.00. The molecule has 19 heavy (non-hydrogen) atoms. The molecule has 1 saturated heterocycles. The van der Waals surface area contributed by atoms with Crippen LogP contribution in [0.4, 0.5) is 0 Å². The topological polar surface area (TPSA) is 38.9 Å². The first kappa shape index (κ1) is 12.4. The highest BCUT2D eigenvalue weighted by Crippen LogP contribution is 2.20. The van der Waals surface area contributed by atoms with Crippen molar-refractivity contribution in [3.8, 4) is 0 Å². The van der Waals surface area contributed by atoms with Gasteiger partial charge in [-0.1, -0.05) is 6.42 Å². The zero-order chi connectivity index (χ0) is 13.1. The Morgan fingerprint density at radius 3 is 3.00 bits per heavy atom. The van der Waals surface area contributed by atoms with E-state index in [9.17, 15) is 0 Å². The molecule has 5 heteroatoms. The summed E-state index contributed by atoms with van der Waals surface area (Å²) >= 11 is 0. The monoisotopic (exact) mass is 259 g/mol. The Morgan fingerprint density at radius 1 is 1.32 bits per heavy atom. The first-order valence-corrected chi connectivity index (χ1v) is 7.00. The van der Waals surface area contributed by atoms with Gasteiger partial charge in [0.05, 0.1) is 12.7 Å². The van der Waals surface area contributed by atoms with Gasteiger partial charge in [-0.05, 0) is 25.5 Å². The van der Waals surface area contributed by atoms with E-state index in [0.29, 0.717) is 6.04 Å². The predicted octanol–water partition coefficient (Wildman–Crippen LogP) is 1.67. The summed E-state index contributed by atoms with van der Waals surface area (Å²) in [5, 5.41) is 8.58. The van der Waals surface area contributed by atoms with E-state index in [-0.39, 0.29) is 0 Å². The van der Waals surface area contributed by atoms with E-state index in [1.807, 2.05) is 34.9 Å². The fourth-order valence-corrected chi connectivity index (χ4v) is 2.89. The zero-order valence-electron chi connectivity index (χ0n) is 11.4. The van der Waals surface area contributed by atoms with E-state index >= 15 is 0 Å². The van der Waals surface area contributed by atoms with Crippen LogP contribution in [0.1, 0.15) is 24.8 Å². The second kappa shape index (κ2) is 5.57. The van der Waals surface area contributed by atoms with Gasteiger partial charge in [-0.25, -0.2) is 0 Å². The van der Waals surface area contributed by atoms with E-state index in [1.165, 1.54) is 31.4 Å². The van der Waals surface area contributed by atoms with Gasteiger partial charge in [0.2, 0.25) is 0 Å². The lowest BCUT2D eigenvalue weighted by atomic mass is 10.0. The van der Waals surface area contributed by atoms with Crippen molar-refractivity contribution in [3.05, 3.63) is 36.4 Å². The number of hydrogen-bond donors (Lipinski definition) is 0. The van der Waals surface area contributed by atoms with Crippen LogP contribution >= 0.6 is 0 Å². The lowest BCUT2D eigenvalue weighted by Gasteiger charge is -2.35. The number of aromatic nitrogens is 4. The van der Waals surface area contributed by atoms with Crippen molar-refractivity contribution >= 4 is 0 Å². The number of likely N-dealkylation sites (tertiary alicyclic amines) is 1. The maximum Gasteiger partial charge on any atom is 0.0565 e. The van der Waals surface area contributed by atoms with Crippen molar-refractivity contribution < 1.29 is 0 Å². The average Bonchev–Trinajstić information content (AvgIpc) is 3.04. The number of hydrogen-bond acceptors (Lipinski definition) is 3. The summed E-state index contributed by atoms with van der Waals surface area (Å²) < 4.78 is 3.92. The molecule has 2 aromatic heterocycles. The first-order chi connectivity index (χ1) is 9.31. The van der Waals surface area contributed by atoms with Gasteiger partial charge in [0.1, 0.15) is 0 Å². The SMILES string of the molecule is Cn1cc(CN2CCCC[C@@H]2Cn2cccn2)cn1. The maximum atomic E-state index is 4.33. The second-order valence-electron chi connectivity index (χ2n) is 5.37. The van der Waals surface area contributed by atoms with Gasteiger partial charge in [-0.2, -0.15) is 10.2 Å². The lowest BCUT2D eigenvalue weighted by molar-refractivity contribution is 0.122. The molecule has 0 unspecified atom stereocenters. The molecule has 102 valence electrons. The van der Waals surface area contributed by atoms with Gasteiger partial charge in [-0.3, -0.25) is 14.3 Å². The molecule has 0 radical (unpaired) electrons. The Hall–Kier alpha value is -1.62. The zero-order valence-corrected chi connectivity index (χ0v) is 11.4. The summed E-state index contributed by atoms with van der Waals surface area (Å²) in [5.41, 5.74) is 1.30. The molecule has 0 bridgehead atoms. The van der Waals surface area contributed by atoms with Crippen molar-refractivity contribution in [2.45, 2.75) is 38.4 Å². The van der Waals surface area contributed by atoms with Gasteiger partial charge >= 0.3 is 0 Å². The Balaban J connectivity index is 1.66. The fraction of sp³-hybridized carbons (Fsp3) is 0.571. The van der Waals surface area contributed by atoms with Gasteiger partial charge in [-0.15, -0.1) is 0 Å². The van der Waals surface area contributed by atoms with Crippen LogP contribution in [-0.2, 0) is 20.1 Å². The lowest BCUT2D eigenvalue weighted by Crippen LogP contribution is -2.41. The molecule has 1 aliphatic heterocycles. The van der Waals surface area contributed by atoms with E-state index in [0.717, 1.165) is 13.1 Å². The molecule has 1 atom stereocenters. The molecule has 1 aliphatic rings. The Kier molecular flexibility index (Phi) is 3.64.